The van der Waals surface area contributed by atoms with E-state index < -0.39 is 0 Å². The first-order chi connectivity index (χ1) is 7.02. The van der Waals surface area contributed by atoms with E-state index >= 15 is 0 Å². The maximum Gasteiger partial charge on any atom is 0.0783 e. The number of aliphatic hydroxyl groups excluding tert-OH is 1. The molecule has 0 saturated carbocycles. The predicted molar refractivity (Wildman–Crippen MR) is 65.9 cm³/mol. The topological polar surface area (TPSA) is 20.2 Å². The van der Waals surface area contributed by atoms with Crippen LogP contribution in [0.3, 0.4) is 0 Å². The minimum absolute atomic E-state index is 0.355. The SMILES string of the molecule is CC/C(=C\O)CCC1CC=C(C)C1(C)C. The van der Waals surface area contributed by atoms with Gasteiger partial charge in [0.2, 0.25) is 0 Å². The quantitative estimate of drug-likeness (QED) is 0.528. The van der Waals surface area contributed by atoms with Gasteiger partial charge in [-0.1, -0.05) is 32.4 Å². The Morgan fingerprint density at radius 3 is 2.67 bits per heavy atom. The molecule has 0 heterocycles. The second-order valence-electron chi connectivity index (χ2n) is 5.22. The highest BCUT2D eigenvalue weighted by Gasteiger charge is 2.34. The maximum atomic E-state index is 9.01. The van der Waals surface area contributed by atoms with Crippen LogP contribution in [0.15, 0.2) is 23.5 Å². The number of hydrogen-bond acceptors (Lipinski definition) is 1. The van der Waals surface area contributed by atoms with Gasteiger partial charge in [0.1, 0.15) is 0 Å². The summed E-state index contributed by atoms with van der Waals surface area (Å²) in [6.07, 6.45) is 8.09. The number of rotatable bonds is 4. The third-order valence-electron chi connectivity index (χ3n) is 4.20. The van der Waals surface area contributed by atoms with Gasteiger partial charge in [-0.2, -0.15) is 0 Å². The molecule has 0 radical (unpaired) electrons. The van der Waals surface area contributed by atoms with E-state index in [1.807, 2.05) is 0 Å². The molecule has 1 N–H and O–H groups in total. The average molecular weight is 208 g/mol. The molecule has 86 valence electrons. The Hall–Kier alpha value is -0.720. The second-order valence-corrected chi connectivity index (χ2v) is 5.22. The molecule has 0 aromatic heterocycles. The van der Waals surface area contributed by atoms with Crippen LogP contribution in [0.4, 0.5) is 0 Å². The van der Waals surface area contributed by atoms with Gasteiger partial charge >= 0.3 is 0 Å². The molecule has 0 spiro atoms. The van der Waals surface area contributed by atoms with Crippen molar-refractivity contribution in [2.24, 2.45) is 11.3 Å². The summed E-state index contributed by atoms with van der Waals surface area (Å²) in [5.74, 6) is 0.749. The number of hydrogen-bond donors (Lipinski definition) is 1. The van der Waals surface area contributed by atoms with Gasteiger partial charge in [0.15, 0.2) is 0 Å². The zero-order chi connectivity index (χ0) is 11.5. The molecule has 1 heteroatoms. The van der Waals surface area contributed by atoms with E-state index in [-0.39, 0.29) is 0 Å². The summed E-state index contributed by atoms with van der Waals surface area (Å²) in [5, 5.41) is 9.01. The van der Waals surface area contributed by atoms with Crippen LogP contribution in [-0.4, -0.2) is 5.11 Å². The Morgan fingerprint density at radius 1 is 1.60 bits per heavy atom. The molecule has 1 aliphatic carbocycles. The van der Waals surface area contributed by atoms with Crippen LogP contribution in [0.25, 0.3) is 0 Å². The fourth-order valence-corrected chi connectivity index (χ4v) is 2.37. The first-order valence-corrected chi connectivity index (χ1v) is 6.01. The van der Waals surface area contributed by atoms with Gasteiger partial charge in [0, 0.05) is 0 Å². The van der Waals surface area contributed by atoms with Crippen LogP contribution in [0, 0.1) is 11.3 Å². The van der Waals surface area contributed by atoms with E-state index in [9.17, 15) is 0 Å². The lowest BCUT2D eigenvalue weighted by Gasteiger charge is -2.29. The Morgan fingerprint density at radius 2 is 2.27 bits per heavy atom. The molecule has 1 unspecified atom stereocenters. The molecule has 0 amide bonds. The maximum absolute atomic E-state index is 9.01. The molecule has 0 fully saturated rings. The molecule has 0 bridgehead atoms. The number of aliphatic hydroxyl groups is 1. The fraction of sp³-hybridized carbons (Fsp3) is 0.714. The van der Waals surface area contributed by atoms with Crippen LogP contribution in [0.1, 0.15) is 53.4 Å². The summed E-state index contributed by atoms with van der Waals surface area (Å²) >= 11 is 0. The third kappa shape index (κ3) is 2.64. The van der Waals surface area contributed by atoms with Crippen molar-refractivity contribution in [3.63, 3.8) is 0 Å². The van der Waals surface area contributed by atoms with Gasteiger partial charge in [-0.25, -0.2) is 0 Å². The van der Waals surface area contributed by atoms with Gasteiger partial charge in [-0.15, -0.1) is 0 Å². The lowest BCUT2D eigenvalue weighted by Crippen LogP contribution is -2.20. The van der Waals surface area contributed by atoms with Crippen LogP contribution >= 0.6 is 0 Å². The molecule has 15 heavy (non-hydrogen) atoms. The normalized spacial score (nSPS) is 25.5. The third-order valence-corrected chi connectivity index (χ3v) is 4.20. The van der Waals surface area contributed by atoms with Crippen molar-refractivity contribution in [3.8, 4) is 0 Å². The van der Waals surface area contributed by atoms with Crippen molar-refractivity contribution >= 4 is 0 Å². The first-order valence-electron chi connectivity index (χ1n) is 6.01. The smallest absolute Gasteiger partial charge is 0.0783 e. The molecule has 1 aliphatic rings. The van der Waals surface area contributed by atoms with Crippen molar-refractivity contribution in [2.75, 3.05) is 0 Å². The van der Waals surface area contributed by atoms with E-state index in [1.54, 1.807) is 0 Å². The predicted octanol–water partition coefficient (Wildman–Crippen LogP) is 4.61. The molecule has 0 aliphatic heterocycles. The molecular weight excluding hydrogens is 184 g/mol. The summed E-state index contributed by atoms with van der Waals surface area (Å²) in [4.78, 5) is 0. The highest BCUT2D eigenvalue weighted by Crippen LogP contribution is 2.45. The lowest BCUT2D eigenvalue weighted by molar-refractivity contribution is 0.274. The Labute approximate surface area is 93.9 Å². The molecule has 1 atom stereocenters. The second kappa shape index (κ2) is 4.87. The molecule has 0 aromatic rings. The zero-order valence-electron chi connectivity index (χ0n) is 10.5. The van der Waals surface area contributed by atoms with Crippen molar-refractivity contribution in [1.29, 1.82) is 0 Å². The van der Waals surface area contributed by atoms with Gasteiger partial charge in [-0.05, 0) is 49.5 Å². The fourth-order valence-electron chi connectivity index (χ4n) is 2.37. The van der Waals surface area contributed by atoms with E-state index in [1.165, 1.54) is 30.2 Å². The summed E-state index contributed by atoms with van der Waals surface area (Å²) in [6.45, 7) is 9.02. The number of allylic oxidation sites excluding steroid dienone is 3. The average Bonchev–Trinajstić information content (AvgIpc) is 2.45. The highest BCUT2D eigenvalue weighted by atomic mass is 16.2. The van der Waals surface area contributed by atoms with Crippen LogP contribution in [0.2, 0.25) is 0 Å². The largest absolute Gasteiger partial charge is 0.516 e. The Kier molecular flexibility index (Phi) is 4.01. The van der Waals surface area contributed by atoms with Gasteiger partial charge in [0.25, 0.3) is 0 Å². The van der Waals surface area contributed by atoms with Crippen LogP contribution < -0.4 is 0 Å². The van der Waals surface area contributed by atoms with E-state index in [0.29, 0.717) is 5.41 Å². The summed E-state index contributed by atoms with van der Waals surface area (Å²) in [6, 6.07) is 0. The molecule has 0 aromatic carbocycles. The van der Waals surface area contributed by atoms with E-state index in [2.05, 4.69) is 33.8 Å². The molecule has 0 saturated heterocycles. The Balaban J connectivity index is 2.49. The monoisotopic (exact) mass is 208 g/mol. The molecule has 1 rings (SSSR count). The van der Waals surface area contributed by atoms with Gasteiger partial charge < -0.3 is 5.11 Å². The first kappa shape index (κ1) is 12.4. The van der Waals surface area contributed by atoms with Gasteiger partial charge in [0.05, 0.1) is 6.26 Å². The summed E-state index contributed by atoms with van der Waals surface area (Å²) in [7, 11) is 0. The Bertz CT molecular complexity index is 271. The van der Waals surface area contributed by atoms with E-state index in [4.69, 9.17) is 5.11 Å². The van der Waals surface area contributed by atoms with E-state index in [0.717, 1.165) is 18.8 Å². The van der Waals surface area contributed by atoms with Crippen LogP contribution in [0.5, 0.6) is 0 Å². The minimum atomic E-state index is 0.355. The highest BCUT2D eigenvalue weighted by molar-refractivity contribution is 5.18. The van der Waals surface area contributed by atoms with Gasteiger partial charge in [-0.3, -0.25) is 0 Å². The van der Waals surface area contributed by atoms with Crippen molar-refractivity contribution in [2.45, 2.75) is 53.4 Å². The van der Waals surface area contributed by atoms with Crippen molar-refractivity contribution < 1.29 is 5.11 Å². The van der Waals surface area contributed by atoms with Crippen molar-refractivity contribution in [1.82, 2.24) is 0 Å². The summed E-state index contributed by atoms with van der Waals surface area (Å²) in [5.41, 5.74) is 3.06. The lowest BCUT2D eigenvalue weighted by atomic mass is 9.75. The zero-order valence-corrected chi connectivity index (χ0v) is 10.5. The van der Waals surface area contributed by atoms with Crippen LogP contribution in [-0.2, 0) is 0 Å². The standard InChI is InChI=1S/C14H24O/c1-5-12(10-15)7-9-13-8-6-11(2)14(13,3)4/h6,10,13,15H,5,7-9H2,1-4H3/b12-10+. The summed E-state index contributed by atoms with van der Waals surface area (Å²) < 4.78 is 0. The van der Waals surface area contributed by atoms with Crippen molar-refractivity contribution in [3.05, 3.63) is 23.5 Å². The molecular formula is C14H24O. The molecule has 1 nitrogen and oxygen atoms in total. The minimum Gasteiger partial charge on any atom is -0.516 e.